The van der Waals surface area contributed by atoms with Crippen LogP contribution in [0.2, 0.25) is 0 Å². The van der Waals surface area contributed by atoms with Crippen LogP contribution < -0.4 is 5.32 Å². The highest BCUT2D eigenvalue weighted by molar-refractivity contribution is 6.20. The molecule has 1 fully saturated rings. The van der Waals surface area contributed by atoms with E-state index in [1.165, 1.54) is 13.8 Å². The number of alkyl halides is 1. The van der Waals surface area contributed by atoms with Gasteiger partial charge in [-0.25, -0.2) is 0 Å². The molecule has 0 saturated carbocycles. The second-order valence-corrected chi connectivity index (χ2v) is 6.01. The summed E-state index contributed by atoms with van der Waals surface area (Å²) in [5.41, 5.74) is -1.08. The van der Waals surface area contributed by atoms with E-state index in [4.69, 9.17) is 31.3 Å². The maximum Gasteiger partial charge on any atom is 0.303 e. The van der Waals surface area contributed by atoms with Gasteiger partial charge in [-0.3, -0.25) is 19.2 Å². The van der Waals surface area contributed by atoms with Crippen LogP contribution in [-0.2, 0) is 28.7 Å². The smallest absolute Gasteiger partial charge is 0.303 e. The van der Waals surface area contributed by atoms with Gasteiger partial charge in [0.05, 0.1) is 25.0 Å². The van der Waals surface area contributed by atoms with E-state index in [9.17, 15) is 19.2 Å². The zero-order chi connectivity index (χ0) is 18.4. The summed E-state index contributed by atoms with van der Waals surface area (Å²) >= 11 is 6.10. The minimum Gasteiger partial charge on any atom is -0.481 e. The molecule has 1 amide bonds. The summed E-state index contributed by atoms with van der Waals surface area (Å²) in [6.07, 6.45) is -1.71. The van der Waals surface area contributed by atoms with Crippen molar-refractivity contribution in [1.29, 1.82) is 0 Å². The molecule has 0 aliphatic carbocycles. The van der Waals surface area contributed by atoms with Gasteiger partial charge in [-0.15, -0.1) is 0 Å². The molecule has 1 saturated heterocycles. The molecule has 1 aliphatic heterocycles. The largest absolute Gasteiger partial charge is 0.481 e. The number of halogens is 1. The summed E-state index contributed by atoms with van der Waals surface area (Å²) in [4.78, 5) is 44.7. The maximum atomic E-state index is 11.4. The molecule has 0 aromatic rings. The molecule has 9 nitrogen and oxygen atoms in total. The van der Waals surface area contributed by atoms with Gasteiger partial charge in [-0.1, -0.05) is 11.6 Å². The van der Waals surface area contributed by atoms with Crippen LogP contribution in [0.4, 0.5) is 0 Å². The number of hydrogen-bond acceptors (Lipinski definition) is 6. The summed E-state index contributed by atoms with van der Waals surface area (Å²) in [6.45, 7) is 2.17. The quantitative estimate of drug-likeness (QED) is 0.429. The van der Waals surface area contributed by atoms with Gasteiger partial charge >= 0.3 is 17.9 Å². The van der Waals surface area contributed by atoms with Crippen molar-refractivity contribution in [2.24, 2.45) is 11.8 Å². The molecule has 0 spiro atoms. The highest BCUT2D eigenvalue weighted by atomic mass is 35.5. The van der Waals surface area contributed by atoms with Crippen LogP contribution >= 0.6 is 11.6 Å². The van der Waals surface area contributed by atoms with Crippen LogP contribution in [0, 0.1) is 11.8 Å². The number of ether oxygens (including phenoxy) is 2. The molecular formula is C14H20ClNO8. The van der Waals surface area contributed by atoms with E-state index >= 15 is 0 Å². The minimum atomic E-state index is -1.17. The van der Waals surface area contributed by atoms with Gasteiger partial charge in [0, 0.05) is 19.8 Å². The van der Waals surface area contributed by atoms with Crippen molar-refractivity contribution in [2.45, 2.75) is 44.4 Å². The third-order valence-corrected chi connectivity index (χ3v) is 4.09. The molecule has 5 atom stereocenters. The molecule has 1 heterocycles. The summed E-state index contributed by atoms with van der Waals surface area (Å²) in [5, 5.41) is 20.8. The molecule has 1 rings (SSSR count). The number of nitrogens with one attached hydrogen (secondary N) is 1. The molecule has 10 heteroatoms. The van der Waals surface area contributed by atoms with Crippen LogP contribution in [0.1, 0.15) is 26.7 Å². The van der Waals surface area contributed by atoms with Crippen molar-refractivity contribution in [3.05, 3.63) is 0 Å². The van der Waals surface area contributed by atoms with E-state index in [0.29, 0.717) is 0 Å². The van der Waals surface area contributed by atoms with Crippen molar-refractivity contribution >= 4 is 35.4 Å². The van der Waals surface area contributed by atoms with Gasteiger partial charge in [-0.05, 0) is 5.92 Å². The fraction of sp³-hybridized carbons (Fsp3) is 0.714. The zero-order valence-electron chi connectivity index (χ0n) is 13.2. The van der Waals surface area contributed by atoms with Crippen molar-refractivity contribution in [2.75, 3.05) is 6.61 Å². The first-order chi connectivity index (χ1) is 11.1. The first kappa shape index (κ1) is 20.2. The Morgan fingerprint density at radius 3 is 2.08 bits per heavy atom. The second kappa shape index (κ2) is 8.84. The zero-order valence-corrected chi connectivity index (χ0v) is 14.0. The topological polar surface area (TPSA) is 139 Å². The molecule has 136 valence electrons. The molecule has 3 N–H and O–H groups in total. The lowest BCUT2D eigenvalue weighted by Crippen LogP contribution is -2.58. The number of rotatable bonds is 7. The molecule has 1 aliphatic rings. The first-order valence-electron chi connectivity index (χ1n) is 7.25. The van der Waals surface area contributed by atoms with Crippen molar-refractivity contribution < 1.29 is 38.9 Å². The van der Waals surface area contributed by atoms with Gasteiger partial charge in [0.15, 0.2) is 5.56 Å². The van der Waals surface area contributed by atoms with Crippen molar-refractivity contribution in [3.8, 4) is 0 Å². The van der Waals surface area contributed by atoms with Gasteiger partial charge < -0.3 is 25.0 Å². The fourth-order valence-electron chi connectivity index (χ4n) is 2.82. The van der Waals surface area contributed by atoms with Gasteiger partial charge in [0.25, 0.3) is 0 Å². The van der Waals surface area contributed by atoms with Crippen LogP contribution in [0.15, 0.2) is 0 Å². The lowest BCUT2D eigenvalue weighted by atomic mass is 9.76. The summed E-state index contributed by atoms with van der Waals surface area (Å²) in [6, 6.07) is -0.877. The number of carboxylic acids is 2. The van der Waals surface area contributed by atoms with Gasteiger partial charge in [-0.2, -0.15) is 0 Å². The summed E-state index contributed by atoms with van der Waals surface area (Å²) in [5.74, 6) is -4.96. The van der Waals surface area contributed by atoms with E-state index in [-0.39, 0.29) is 6.61 Å². The monoisotopic (exact) mass is 365 g/mol. The molecule has 0 bridgehead atoms. The van der Waals surface area contributed by atoms with E-state index in [1.807, 2.05) is 0 Å². The van der Waals surface area contributed by atoms with E-state index in [1.54, 1.807) is 0 Å². The van der Waals surface area contributed by atoms with Gasteiger partial charge in [0.1, 0.15) is 6.61 Å². The Labute approximate surface area is 143 Å². The van der Waals surface area contributed by atoms with E-state index in [0.717, 1.165) is 0 Å². The fourth-order valence-corrected chi connectivity index (χ4v) is 3.20. The third kappa shape index (κ3) is 5.97. The minimum absolute atomic E-state index is 0.251. The lowest BCUT2D eigenvalue weighted by molar-refractivity contribution is -0.166. The highest BCUT2D eigenvalue weighted by Gasteiger charge is 2.47. The number of aliphatic carboxylic acids is 2. The van der Waals surface area contributed by atoms with Crippen LogP contribution in [0.3, 0.4) is 0 Å². The lowest BCUT2D eigenvalue weighted by Gasteiger charge is -2.44. The number of hydrogen-bond donors (Lipinski definition) is 3. The first-order valence-corrected chi connectivity index (χ1v) is 7.69. The number of carbonyl (C=O) groups excluding carboxylic acids is 2. The molecule has 0 aromatic carbocycles. The SMILES string of the molecule is CC(=O)N[C@H]1C(Cl)O[C@@H](COC(C)=O)[C@H](CC(=O)O)[C@H]1CC(=O)O. The predicted molar refractivity (Wildman–Crippen MR) is 80.2 cm³/mol. The van der Waals surface area contributed by atoms with Crippen molar-refractivity contribution in [1.82, 2.24) is 5.32 Å². The Hall–Kier alpha value is -1.87. The predicted octanol–water partition coefficient (Wildman–Crippen LogP) is 0.200. The standard InChI is InChI=1S/C14H20ClNO8/c1-6(17)16-13-9(4-12(21)22)8(3-11(19)20)10(24-14(13)15)5-23-7(2)18/h8-10,13-14H,3-5H2,1-2H3,(H,16,17)(H,19,20)(H,21,22)/t8-,9-,10+,13-,14?/m1/s1. The van der Waals surface area contributed by atoms with E-state index < -0.39 is 66.2 Å². The molecule has 1 unspecified atom stereocenters. The normalized spacial score (nSPS) is 29.5. The second-order valence-electron chi connectivity index (χ2n) is 5.58. The maximum absolute atomic E-state index is 11.4. The highest BCUT2D eigenvalue weighted by Crippen LogP contribution is 2.37. The number of amides is 1. The average molecular weight is 366 g/mol. The molecular weight excluding hydrogens is 346 g/mol. The molecule has 0 aromatic heterocycles. The Kier molecular flexibility index (Phi) is 7.43. The third-order valence-electron chi connectivity index (χ3n) is 3.72. The van der Waals surface area contributed by atoms with Crippen LogP contribution in [0.25, 0.3) is 0 Å². The van der Waals surface area contributed by atoms with Crippen molar-refractivity contribution in [3.63, 3.8) is 0 Å². The van der Waals surface area contributed by atoms with Crippen LogP contribution in [0.5, 0.6) is 0 Å². The number of carboxylic acid groups (broad SMARTS) is 2. The Morgan fingerprint density at radius 2 is 1.62 bits per heavy atom. The number of esters is 1. The molecule has 24 heavy (non-hydrogen) atoms. The number of carbonyl (C=O) groups is 4. The Balaban J connectivity index is 3.11. The summed E-state index contributed by atoms with van der Waals surface area (Å²) < 4.78 is 10.4. The van der Waals surface area contributed by atoms with Gasteiger partial charge in [0.2, 0.25) is 5.91 Å². The Morgan fingerprint density at radius 1 is 1.08 bits per heavy atom. The van der Waals surface area contributed by atoms with Crippen LogP contribution in [-0.4, -0.2) is 58.3 Å². The van der Waals surface area contributed by atoms with E-state index in [2.05, 4.69) is 5.32 Å². The Bertz CT molecular complexity index is 511. The molecule has 0 radical (unpaired) electrons. The summed E-state index contributed by atoms with van der Waals surface area (Å²) in [7, 11) is 0. The average Bonchev–Trinajstić information content (AvgIpc) is 2.42.